The van der Waals surface area contributed by atoms with Crippen LogP contribution in [0.3, 0.4) is 0 Å². The molecule has 80 valence electrons. The average molecular weight is 233 g/mol. The zero-order chi connectivity index (χ0) is 11.6. The fourth-order valence-corrected chi connectivity index (χ4v) is 1.03. The van der Waals surface area contributed by atoms with Crippen LogP contribution in [0.4, 0.5) is 20.2 Å². The predicted octanol–water partition coefficient (Wildman–Crippen LogP) is 1.53. The molecule has 0 aliphatic heterocycles. The maximum absolute atomic E-state index is 12.8. The van der Waals surface area contributed by atoms with Crippen LogP contribution in [0.2, 0.25) is 0 Å². The summed E-state index contributed by atoms with van der Waals surface area (Å²) in [6, 6.07) is 1.07. The van der Waals surface area contributed by atoms with Crippen LogP contribution in [0.1, 0.15) is 0 Å². The van der Waals surface area contributed by atoms with E-state index in [1.807, 2.05) is 0 Å². The molecule has 0 heterocycles. The van der Waals surface area contributed by atoms with Gasteiger partial charge in [0.1, 0.15) is 5.69 Å². The summed E-state index contributed by atoms with van der Waals surface area (Å²) in [5.41, 5.74) is 4.14. The van der Waals surface area contributed by atoms with E-state index in [1.165, 1.54) is 0 Å². The number of rotatable bonds is 2. The molecule has 0 amide bonds. The Hall–Kier alpha value is -1.83. The van der Waals surface area contributed by atoms with Crippen LogP contribution in [-0.4, -0.2) is 10.0 Å². The topological polar surface area (TPSA) is 81.2 Å². The number of hydrogen-bond acceptors (Lipinski definition) is 3. The van der Waals surface area contributed by atoms with E-state index in [2.05, 4.69) is 17.5 Å². The Balaban J connectivity index is 3.28. The molecular formula is C7H5F2N3O2S. The van der Waals surface area contributed by atoms with Crippen molar-refractivity contribution in [1.82, 2.24) is 0 Å². The lowest BCUT2D eigenvalue weighted by molar-refractivity contribution is -0.384. The summed E-state index contributed by atoms with van der Waals surface area (Å²) < 4.78 is 25.4. The Morgan fingerprint density at radius 1 is 1.47 bits per heavy atom. The minimum absolute atomic E-state index is 0.274. The lowest BCUT2D eigenvalue weighted by Crippen LogP contribution is -2.19. The second kappa shape index (κ2) is 4.13. The third-order valence-electron chi connectivity index (χ3n) is 1.49. The van der Waals surface area contributed by atoms with Gasteiger partial charge in [-0.05, 0) is 12.2 Å². The van der Waals surface area contributed by atoms with E-state index in [4.69, 9.17) is 5.73 Å². The number of anilines is 1. The summed E-state index contributed by atoms with van der Waals surface area (Å²) >= 11 is 4.43. The van der Waals surface area contributed by atoms with Crippen molar-refractivity contribution in [2.24, 2.45) is 5.73 Å². The number of benzene rings is 1. The molecule has 1 aromatic rings. The summed E-state index contributed by atoms with van der Waals surface area (Å²) in [6.07, 6.45) is 0. The first-order valence-electron chi connectivity index (χ1n) is 3.61. The smallest absolute Gasteiger partial charge is 0.295 e. The van der Waals surface area contributed by atoms with Gasteiger partial charge in [-0.3, -0.25) is 10.1 Å². The second-order valence-electron chi connectivity index (χ2n) is 2.53. The van der Waals surface area contributed by atoms with E-state index in [0.717, 1.165) is 0 Å². The summed E-state index contributed by atoms with van der Waals surface area (Å²) in [7, 11) is 0. The number of nitrogens with one attached hydrogen (secondary N) is 1. The normalized spacial score (nSPS) is 9.73. The third kappa shape index (κ3) is 2.56. The van der Waals surface area contributed by atoms with E-state index in [1.54, 1.807) is 0 Å². The van der Waals surface area contributed by atoms with E-state index >= 15 is 0 Å². The van der Waals surface area contributed by atoms with Crippen molar-refractivity contribution in [3.8, 4) is 0 Å². The molecule has 0 aliphatic rings. The van der Waals surface area contributed by atoms with Crippen molar-refractivity contribution in [2.45, 2.75) is 0 Å². The van der Waals surface area contributed by atoms with Gasteiger partial charge in [-0.25, -0.2) is 8.78 Å². The zero-order valence-corrected chi connectivity index (χ0v) is 7.98. The van der Waals surface area contributed by atoms with Gasteiger partial charge >= 0.3 is 0 Å². The highest BCUT2D eigenvalue weighted by molar-refractivity contribution is 7.80. The number of nitrogens with zero attached hydrogens (tertiary/aromatic N) is 1. The standard InChI is InChI=1S/C7H5F2N3O2S/c8-3-1-5(11-7(10)15)6(12(13)14)2-4(3)9/h1-2H,(H3,10,11,15). The molecule has 1 aromatic carbocycles. The fraction of sp³-hybridized carbons (Fsp3) is 0. The zero-order valence-electron chi connectivity index (χ0n) is 7.16. The van der Waals surface area contributed by atoms with Gasteiger partial charge in [-0.2, -0.15) is 0 Å². The molecular weight excluding hydrogens is 228 g/mol. The molecule has 0 aliphatic carbocycles. The maximum Gasteiger partial charge on any atom is 0.295 e. The first-order valence-corrected chi connectivity index (χ1v) is 4.02. The number of halogens is 2. The Morgan fingerprint density at radius 3 is 2.47 bits per heavy atom. The van der Waals surface area contributed by atoms with Crippen LogP contribution in [0.15, 0.2) is 12.1 Å². The van der Waals surface area contributed by atoms with Crippen molar-refractivity contribution in [1.29, 1.82) is 0 Å². The molecule has 3 N–H and O–H groups in total. The summed E-state index contributed by atoms with van der Waals surface area (Å²) in [4.78, 5) is 9.59. The molecule has 0 saturated heterocycles. The number of nitrogens with two attached hydrogens (primary N) is 1. The Bertz CT molecular complexity index is 438. The van der Waals surface area contributed by atoms with Crippen LogP contribution < -0.4 is 11.1 Å². The molecule has 0 bridgehead atoms. The molecule has 15 heavy (non-hydrogen) atoms. The van der Waals surface area contributed by atoms with Crippen LogP contribution in [0.5, 0.6) is 0 Å². The number of hydrogen-bond donors (Lipinski definition) is 2. The summed E-state index contributed by atoms with van der Waals surface area (Å²) in [6.45, 7) is 0. The maximum atomic E-state index is 12.8. The molecule has 0 atom stereocenters. The second-order valence-corrected chi connectivity index (χ2v) is 2.97. The van der Waals surface area contributed by atoms with Gasteiger partial charge in [0.15, 0.2) is 16.7 Å². The van der Waals surface area contributed by atoms with Crippen LogP contribution in [0, 0.1) is 21.7 Å². The molecule has 0 unspecified atom stereocenters. The van der Waals surface area contributed by atoms with E-state index in [0.29, 0.717) is 12.1 Å². The largest absolute Gasteiger partial charge is 0.376 e. The van der Waals surface area contributed by atoms with Crippen LogP contribution in [0.25, 0.3) is 0 Å². The highest BCUT2D eigenvalue weighted by Crippen LogP contribution is 2.26. The van der Waals surface area contributed by atoms with Gasteiger partial charge in [-0.15, -0.1) is 0 Å². The van der Waals surface area contributed by atoms with Gasteiger partial charge in [0.05, 0.1) is 11.0 Å². The number of thiocarbonyl (C=S) groups is 1. The minimum atomic E-state index is -1.31. The van der Waals surface area contributed by atoms with Gasteiger partial charge in [0, 0.05) is 6.07 Å². The monoisotopic (exact) mass is 233 g/mol. The molecule has 0 fully saturated rings. The number of nitro groups is 1. The minimum Gasteiger partial charge on any atom is -0.376 e. The van der Waals surface area contributed by atoms with Crippen LogP contribution in [-0.2, 0) is 0 Å². The Kier molecular flexibility index (Phi) is 3.10. The van der Waals surface area contributed by atoms with Gasteiger partial charge in [0.25, 0.3) is 5.69 Å². The van der Waals surface area contributed by atoms with Gasteiger partial charge in [0.2, 0.25) is 0 Å². The first-order chi connectivity index (χ1) is 6.91. The highest BCUT2D eigenvalue weighted by Gasteiger charge is 2.18. The molecule has 0 spiro atoms. The van der Waals surface area contributed by atoms with Crippen molar-refractivity contribution >= 4 is 28.7 Å². The van der Waals surface area contributed by atoms with Crippen molar-refractivity contribution < 1.29 is 13.7 Å². The Morgan fingerprint density at radius 2 is 2.00 bits per heavy atom. The lowest BCUT2D eigenvalue weighted by Gasteiger charge is -2.04. The molecule has 1 rings (SSSR count). The fourth-order valence-electron chi connectivity index (χ4n) is 0.920. The predicted molar refractivity (Wildman–Crippen MR) is 53.4 cm³/mol. The average Bonchev–Trinajstić information content (AvgIpc) is 2.09. The quantitative estimate of drug-likeness (QED) is 0.460. The first kappa shape index (κ1) is 11.2. The van der Waals surface area contributed by atoms with Crippen molar-refractivity contribution in [3.63, 3.8) is 0 Å². The van der Waals surface area contributed by atoms with Crippen LogP contribution >= 0.6 is 12.2 Å². The number of nitro benzene ring substituents is 1. The van der Waals surface area contributed by atoms with Gasteiger partial charge in [-0.1, -0.05) is 0 Å². The van der Waals surface area contributed by atoms with Gasteiger partial charge < -0.3 is 11.1 Å². The molecule has 0 saturated carbocycles. The Labute approximate surface area is 88.0 Å². The summed E-state index contributed by atoms with van der Waals surface area (Å²) in [5, 5.41) is 12.4. The van der Waals surface area contributed by atoms with Crippen molar-refractivity contribution in [2.75, 3.05) is 5.32 Å². The SMILES string of the molecule is NC(=S)Nc1cc(F)c(F)cc1[N+](=O)[O-]. The lowest BCUT2D eigenvalue weighted by atomic mass is 10.2. The van der Waals surface area contributed by atoms with E-state index < -0.39 is 22.2 Å². The van der Waals surface area contributed by atoms with E-state index in [9.17, 15) is 18.9 Å². The molecule has 5 nitrogen and oxygen atoms in total. The molecule has 0 radical (unpaired) electrons. The van der Waals surface area contributed by atoms with E-state index in [-0.39, 0.29) is 10.8 Å². The van der Waals surface area contributed by atoms with Crippen molar-refractivity contribution in [3.05, 3.63) is 33.9 Å². The third-order valence-corrected chi connectivity index (χ3v) is 1.60. The molecule has 8 heteroatoms. The highest BCUT2D eigenvalue weighted by atomic mass is 32.1. The summed E-state index contributed by atoms with van der Waals surface area (Å²) in [5.74, 6) is -2.53. The molecule has 0 aromatic heterocycles.